The molecule has 3 nitrogen and oxygen atoms in total. The molecule has 1 aromatic rings. The molecule has 0 aliphatic rings. The van der Waals surface area contributed by atoms with Crippen LogP contribution in [0.4, 0.5) is 0 Å². The largest absolute Gasteiger partial charge is 0.387 e. The molecule has 1 aromatic carbocycles. The zero-order valence-corrected chi connectivity index (χ0v) is 14.4. The van der Waals surface area contributed by atoms with Gasteiger partial charge in [-0.2, -0.15) is 8.42 Å². The predicted octanol–water partition coefficient (Wildman–Crippen LogP) is 5.44. The van der Waals surface area contributed by atoms with Crippen molar-refractivity contribution in [2.24, 2.45) is 0 Å². The second-order valence-electron chi connectivity index (χ2n) is 5.50. The van der Waals surface area contributed by atoms with Crippen molar-refractivity contribution in [1.82, 2.24) is 0 Å². The van der Waals surface area contributed by atoms with E-state index in [0.29, 0.717) is 0 Å². The third-order valence-corrected chi connectivity index (χ3v) is 4.75. The van der Waals surface area contributed by atoms with Gasteiger partial charge < -0.3 is 4.18 Å². The minimum absolute atomic E-state index is 0.187. The highest BCUT2D eigenvalue weighted by Gasteiger charge is 2.12. The van der Waals surface area contributed by atoms with Crippen LogP contribution in [0.3, 0.4) is 0 Å². The van der Waals surface area contributed by atoms with E-state index in [0.717, 1.165) is 12.8 Å². The lowest BCUT2D eigenvalue weighted by Gasteiger charge is -2.02. The molecular formula is C18H28O3S. The van der Waals surface area contributed by atoms with Gasteiger partial charge in [-0.25, -0.2) is 0 Å². The fourth-order valence-corrected chi connectivity index (χ4v) is 3.05. The van der Waals surface area contributed by atoms with Crippen LogP contribution < -0.4 is 0 Å². The van der Waals surface area contributed by atoms with Crippen molar-refractivity contribution in [2.45, 2.75) is 69.6 Å². The summed E-state index contributed by atoms with van der Waals surface area (Å²) < 4.78 is 28.5. The minimum Gasteiger partial charge on any atom is -0.387 e. The summed E-state index contributed by atoms with van der Waals surface area (Å²) in [6, 6.07) is 8.20. The summed E-state index contributed by atoms with van der Waals surface area (Å²) in [5.74, 6) is 0. The summed E-state index contributed by atoms with van der Waals surface area (Å²) >= 11 is 0. The molecule has 0 N–H and O–H groups in total. The Hall–Kier alpha value is -1.29. The lowest BCUT2D eigenvalue weighted by Crippen LogP contribution is -2.01. The minimum atomic E-state index is -3.66. The molecule has 0 aliphatic carbocycles. The Morgan fingerprint density at radius 2 is 1.50 bits per heavy atom. The first-order chi connectivity index (χ1) is 10.7. The Bertz CT molecular complexity index is 506. The quantitative estimate of drug-likeness (QED) is 0.292. The normalized spacial score (nSPS) is 11.9. The molecule has 0 fully saturated rings. The van der Waals surface area contributed by atoms with Crippen molar-refractivity contribution in [3.05, 3.63) is 42.7 Å². The second kappa shape index (κ2) is 11.3. The smallest absolute Gasteiger partial charge is 0.338 e. The van der Waals surface area contributed by atoms with Crippen LogP contribution in [0.25, 0.3) is 0 Å². The summed E-state index contributed by atoms with van der Waals surface area (Å²) in [6.45, 7) is 2.23. The Morgan fingerprint density at radius 3 is 2.14 bits per heavy atom. The van der Waals surface area contributed by atoms with Crippen LogP contribution in [-0.4, -0.2) is 8.42 Å². The molecule has 0 saturated carbocycles. The maximum absolute atomic E-state index is 11.8. The third-order valence-electron chi connectivity index (χ3n) is 3.53. The monoisotopic (exact) mass is 324 g/mol. The average Bonchev–Trinajstić information content (AvgIpc) is 2.53. The first kappa shape index (κ1) is 18.8. The van der Waals surface area contributed by atoms with Gasteiger partial charge in [0.05, 0.1) is 0 Å². The first-order valence-electron chi connectivity index (χ1n) is 8.30. The van der Waals surface area contributed by atoms with Crippen molar-refractivity contribution in [1.29, 1.82) is 0 Å². The van der Waals surface area contributed by atoms with Crippen molar-refractivity contribution in [2.75, 3.05) is 0 Å². The highest BCUT2D eigenvalue weighted by molar-refractivity contribution is 7.86. The third kappa shape index (κ3) is 8.23. The van der Waals surface area contributed by atoms with Crippen LogP contribution in [0.15, 0.2) is 47.6 Å². The molecule has 0 aromatic heterocycles. The average molecular weight is 324 g/mol. The molecule has 0 spiro atoms. The number of unbranched alkanes of at least 4 members (excludes halogenated alkanes) is 8. The van der Waals surface area contributed by atoms with E-state index in [-0.39, 0.29) is 4.90 Å². The molecule has 0 atom stereocenters. The number of rotatable bonds is 12. The standard InChI is InChI=1S/C18H28O3S/c1-2-3-4-5-6-7-8-9-10-14-17-21-22(19,20)18-15-12-11-13-16-18/h11-17H,2-10H2,1H3. The number of hydrogen-bond acceptors (Lipinski definition) is 3. The molecule has 0 bridgehead atoms. The summed E-state index contributed by atoms with van der Waals surface area (Å²) in [5, 5.41) is 0. The molecule has 1 rings (SSSR count). The van der Waals surface area contributed by atoms with Crippen LogP contribution in [0, 0.1) is 0 Å². The number of benzene rings is 1. The first-order valence-corrected chi connectivity index (χ1v) is 9.71. The van der Waals surface area contributed by atoms with E-state index in [1.807, 2.05) is 0 Å². The van der Waals surface area contributed by atoms with Crippen molar-refractivity contribution in [3.8, 4) is 0 Å². The highest BCUT2D eigenvalue weighted by atomic mass is 32.2. The van der Waals surface area contributed by atoms with Gasteiger partial charge in [0.1, 0.15) is 11.2 Å². The SMILES string of the molecule is CCCCCCCCCCC=COS(=O)(=O)c1ccccc1. The van der Waals surface area contributed by atoms with Gasteiger partial charge in [0, 0.05) is 0 Å². The lowest BCUT2D eigenvalue weighted by molar-refractivity contribution is 0.441. The van der Waals surface area contributed by atoms with E-state index in [1.54, 1.807) is 24.3 Å². The molecule has 0 amide bonds. The predicted molar refractivity (Wildman–Crippen MR) is 91.1 cm³/mol. The maximum atomic E-state index is 11.8. The summed E-state index contributed by atoms with van der Waals surface area (Å²) in [4.78, 5) is 0.187. The van der Waals surface area contributed by atoms with Crippen molar-refractivity contribution >= 4 is 10.1 Å². The maximum Gasteiger partial charge on any atom is 0.338 e. The summed E-state index contributed by atoms with van der Waals surface area (Å²) in [6.07, 6.45) is 14.1. The summed E-state index contributed by atoms with van der Waals surface area (Å²) in [5.41, 5.74) is 0. The van der Waals surface area contributed by atoms with Gasteiger partial charge in [-0.3, -0.25) is 0 Å². The van der Waals surface area contributed by atoms with Crippen LogP contribution in [0.5, 0.6) is 0 Å². The highest BCUT2D eigenvalue weighted by Crippen LogP contribution is 2.12. The van der Waals surface area contributed by atoms with Crippen LogP contribution in [0.1, 0.15) is 64.7 Å². The number of allylic oxidation sites excluding steroid dienone is 1. The molecule has 0 radical (unpaired) electrons. The fourth-order valence-electron chi connectivity index (χ4n) is 2.22. The van der Waals surface area contributed by atoms with E-state index in [4.69, 9.17) is 4.18 Å². The molecule has 0 aliphatic heterocycles. The zero-order valence-electron chi connectivity index (χ0n) is 13.5. The molecule has 0 heterocycles. The van der Waals surface area contributed by atoms with E-state index in [2.05, 4.69) is 6.92 Å². The molecule has 4 heteroatoms. The van der Waals surface area contributed by atoms with Crippen LogP contribution in [0.2, 0.25) is 0 Å². The second-order valence-corrected chi connectivity index (χ2v) is 7.07. The van der Waals surface area contributed by atoms with Gasteiger partial charge in [0.15, 0.2) is 0 Å². The van der Waals surface area contributed by atoms with Crippen molar-refractivity contribution in [3.63, 3.8) is 0 Å². The Morgan fingerprint density at radius 1 is 0.909 bits per heavy atom. The topological polar surface area (TPSA) is 43.4 Å². The fraction of sp³-hybridized carbons (Fsp3) is 0.556. The molecule has 124 valence electrons. The van der Waals surface area contributed by atoms with Crippen LogP contribution in [-0.2, 0) is 14.3 Å². The van der Waals surface area contributed by atoms with E-state index >= 15 is 0 Å². The van der Waals surface area contributed by atoms with Gasteiger partial charge in [0.2, 0.25) is 0 Å². The van der Waals surface area contributed by atoms with Crippen molar-refractivity contribution < 1.29 is 12.6 Å². The molecule has 22 heavy (non-hydrogen) atoms. The Balaban J connectivity index is 2.09. The lowest BCUT2D eigenvalue weighted by atomic mass is 10.1. The van der Waals surface area contributed by atoms with E-state index < -0.39 is 10.1 Å². The van der Waals surface area contributed by atoms with E-state index in [1.165, 1.54) is 63.3 Å². The van der Waals surface area contributed by atoms with Gasteiger partial charge in [-0.05, 0) is 31.1 Å². The Kier molecular flexibility index (Phi) is 9.64. The number of hydrogen-bond donors (Lipinski definition) is 0. The molecule has 0 unspecified atom stereocenters. The molecule has 0 saturated heterocycles. The van der Waals surface area contributed by atoms with Crippen LogP contribution >= 0.6 is 0 Å². The zero-order chi connectivity index (χ0) is 16.1. The van der Waals surface area contributed by atoms with Gasteiger partial charge in [0.25, 0.3) is 0 Å². The Labute approximate surface area is 135 Å². The van der Waals surface area contributed by atoms with Gasteiger partial charge in [-0.1, -0.05) is 70.1 Å². The summed E-state index contributed by atoms with van der Waals surface area (Å²) in [7, 11) is -3.66. The van der Waals surface area contributed by atoms with Gasteiger partial charge in [-0.15, -0.1) is 0 Å². The van der Waals surface area contributed by atoms with Gasteiger partial charge >= 0.3 is 10.1 Å². The molecular weight excluding hydrogens is 296 g/mol. The van der Waals surface area contributed by atoms with E-state index in [9.17, 15) is 8.42 Å².